The third kappa shape index (κ3) is 4.05. The summed E-state index contributed by atoms with van der Waals surface area (Å²) in [5.74, 6) is -0.432. The number of piperidine rings is 1. The summed E-state index contributed by atoms with van der Waals surface area (Å²) in [7, 11) is 0. The normalized spacial score (nSPS) is 21.6. The molecule has 2 bridgehead atoms. The molecule has 5 nitrogen and oxygen atoms in total. The summed E-state index contributed by atoms with van der Waals surface area (Å²) in [6.45, 7) is 3.75. The van der Waals surface area contributed by atoms with E-state index in [1.165, 1.54) is 18.2 Å². The van der Waals surface area contributed by atoms with Crippen LogP contribution in [0.25, 0.3) is 11.3 Å². The largest absolute Gasteiger partial charge is 0.434 e. The summed E-state index contributed by atoms with van der Waals surface area (Å²) in [6.07, 6.45) is -1.87. The number of alkyl halides is 3. The average molecular weight is 505 g/mol. The Morgan fingerprint density at radius 2 is 1.83 bits per heavy atom. The molecule has 3 aromatic rings. The summed E-state index contributed by atoms with van der Waals surface area (Å²) in [5, 5.41) is -0.701. The second-order valence-electron chi connectivity index (χ2n) is 9.08. The Kier molecular flexibility index (Phi) is 5.78. The third-order valence-electron chi connectivity index (χ3n) is 6.80. The van der Waals surface area contributed by atoms with Crippen molar-refractivity contribution in [3.8, 4) is 11.3 Å². The van der Waals surface area contributed by atoms with Crippen LogP contribution < -0.4 is 0 Å². The van der Waals surface area contributed by atoms with Gasteiger partial charge in [0.25, 0.3) is 5.91 Å². The van der Waals surface area contributed by atoms with Crippen LogP contribution in [-0.4, -0.2) is 31.8 Å². The molecule has 5 rings (SSSR count). The van der Waals surface area contributed by atoms with Crippen LogP contribution in [0.5, 0.6) is 0 Å². The van der Waals surface area contributed by atoms with Crippen LogP contribution in [0.2, 0.25) is 5.02 Å². The number of aryl methyl sites for hydroxylation is 1. The zero-order valence-electron chi connectivity index (χ0n) is 18.9. The van der Waals surface area contributed by atoms with Gasteiger partial charge in [-0.3, -0.25) is 9.78 Å². The van der Waals surface area contributed by atoms with Crippen molar-refractivity contribution in [3.63, 3.8) is 0 Å². The number of carbonyl (C=O) groups excluding carboxylic acids is 1. The molecule has 3 atom stereocenters. The molecule has 0 spiro atoms. The first-order chi connectivity index (χ1) is 16.6. The fraction of sp³-hybridized carbons (Fsp3) is 0.360. The van der Waals surface area contributed by atoms with Gasteiger partial charge in [0, 0.05) is 23.4 Å². The number of rotatable bonds is 2. The molecule has 2 aliphatic rings. The summed E-state index contributed by atoms with van der Waals surface area (Å²) < 4.78 is 53.7. The predicted molar refractivity (Wildman–Crippen MR) is 121 cm³/mol. The Morgan fingerprint density at radius 3 is 2.51 bits per heavy atom. The minimum atomic E-state index is -4.78. The lowest BCUT2D eigenvalue weighted by Crippen LogP contribution is -2.53. The maximum Gasteiger partial charge on any atom is 0.434 e. The molecule has 1 saturated heterocycles. The van der Waals surface area contributed by atoms with Crippen molar-refractivity contribution in [2.24, 2.45) is 5.92 Å². The third-order valence-corrected chi connectivity index (χ3v) is 7.18. The van der Waals surface area contributed by atoms with E-state index in [2.05, 4.69) is 15.0 Å². The van der Waals surface area contributed by atoms with Crippen LogP contribution in [-0.2, 0) is 12.6 Å². The number of carbonyl (C=O) groups is 1. The van der Waals surface area contributed by atoms with Gasteiger partial charge < -0.3 is 4.90 Å². The molecule has 0 aliphatic carbocycles. The van der Waals surface area contributed by atoms with E-state index in [4.69, 9.17) is 11.6 Å². The van der Waals surface area contributed by atoms with E-state index in [-0.39, 0.29) is 23.3 Å². The van der Waals surface area contributed by atoms with Crippen molar-refractivity contribution in [1.82, 2.24) is 19.9 Å². The van der Waals surface area contributed by atoms with Crippen LogP contribution in [0.1, 0.15) is 58.9 Å². The molecule has 2 unspecified atom stereocenters. The second kappa shape index (κ2) is 8.55. The molecule has 2 aliphatic heterocycles. The van der Waals surface area contributed by atoms with Gasteiger partial charge in [-0.15, -0.1) is 0 Å². The molecule has 182 valence electrons. The zero-order chi connectivity index (χ0) is 25.1. The average Bonchev–Trinajstić information content (AvgIpc) is 2.80. The van der Waals surface area contributed by atoms with Crippen molar-refractivity contribution in [3.05, 3.63) is 75.7 Å². The monoisotopic (exact) mass is 504 g/mol. The first kappa shape index (κ1) is 23.7. The summed E-state index contributed by atoms with van der Waals surface area (Å²) in [6, 6.07) is 6.55. The summed E-state index contributed by atoms with van der Waals surface area (Å²) in [5.41, 5.74) is 1.47. The van der Waals surface area contributed by atoms with E-state index in [1.807, 2.05) is 6.92 Å². The molecule has 0 saturated carbocycles. The molecule has 1 amide bonds. The van der Waals surface area contributed by atoms with Crippen molar-refractivity contribution >= 4 is 17.5 Å². The lowest BCUT2D eigenvalue weighted by Gasteiger charge is -2.49. The number of fused-ring (bicyclic) bond motifs is 4. The number of hydrogen-bond donors (Lipinski definition) is 0. The Bertz CT molecular complexity index is 1310. The van der Waals surface area contributed by atoms with Gasteiger partial charge in [0.2, 0.25) is 0 Å². The van der Waals surface area contributed by atoms with E-state index in [0.29, 0.717) is 30.1 Å². The number of benzene rings is 1. The molecule has 2 aromatic heterocycles. The standard InChI is InChI=1S/C25H21ClF4N4O/c1-12-3-8-16-11-18-20(14-4-6-15(27)7-5-14)32-13(2)33-21(18)22(12)34(16)24(35)17-9-10-31-23(19(17)26)25(28,29)30/h4-7,9-10,12,16,22H,3,8,11H2,1-2H3/t12?,16-,22?/m0/s1. The molecular formula is C25H21ClF4N4O. The SMILES string of the molecule is Cc1nc(-c2ccc(F)cc2)c2c(n1)C1C(C)CC[C@@H](C2)N1C(=O)c1ccnc(C(F)(F)F)c1Cl. The molecular weight excluding hydrogens is 484 g/mol. The number of amides is 1. The zero-order valence-corrected chi connectivity index (χ0v) is 19.7. The number of pyridine rings is 1. The van der Waals surface area contributed by atoms with Gasteiger partial charge >= 0.3 is 6.18 Å². The van der Waals surface area contributed by atoms with Crippen LogP contribution >= 0.6 is 11.6 Å². The van der Waals surface area contributed by atoms with Crippen molar-refractivity contribution in [2.45, 2.75) is 51.4 Å². The van der Waals surface area contributed by atoms with E-state index >= 15 is 0 Å². The molecule has 1 aromatic carbocycles. The van der Waals surface area contributed by atoms with Crippen molar-refractivity contribution in [1.29, 1.82) is 0 Å². The minimum Gasteiger partial charge on any atom is -0.326 e. The van der Waals surface area contributed by atoms with Crippen LogP contribution in [0.15, 0.2) is 36.5 Å². The summed E-state index contributed by atoms with van der Waals surface area (Å²) in [4.78, 5) is 28.0. The first-order valence-electron chi connectivity index (χ1n) is 11.2. The number of halogens is 5. The Morgan fingerprint density at radius 1 is 1.11 bits per heavy atom. The van der Waals surface area contributed by atoms with Crippen molar-refractivity contribution < 1.29 is 22.4 Å². The molecule has 35 heavy (non-hydrogen) atoms. The van der Waals surface area contributed by atoms with Gasteiger partial charge in [0.1, 0.15) is 11.6 Å². The summed E-state index contributed by atoms with van der Waals surface area (Å²) >= 11 is 6.06. The predicted octanol–water partition coefficient (Wildman–Crippen LogP) is 6.20. The molecule has 0 N–H and O–H groups in total. The highest BCUT2D eigenvalue weighted by Gasteiger charge is 2.47. The molecule has 4 heterocycles. The van der Waals surface area contributed by atoms with Crippen molar-refractivity contribution in [2.75, 3.05) is 0 Å². The second-order valence-corrected chi connectivity index (χ2v) is 9.46. The van der Waals surface area contributed by atoms with E-state index in [9.17, 15) is 22.4 Å². The fourth-order valence-electron chi connectivity index (χ4n) is 5.24. The quantitative estimate of drug-likeness (QED) is 0.390. The highest BCUT2D eigenvalue weighted by molar-refractivity contribution is 6.34. The molecule has 10 heteroatoms. The molecule has 1 fully saturated rings. The smallest absolute Gasteiger partial charge is 0.326 e. The number of aromatic nitrogens is 3. The lowest BCUT2D eigenvalue weighted by atomic mass is 9.76. The highest BCUT2D eigenvalue weighted by Crippen LogP contribution is 2.47. The first-order valence-corrected chi connectivity index (χ1v) is 11.6. The minimum absolute atomic E-state index is 0.00678. The van der Waals surface area contributed by atoms with Gasteiger partial charge in [-0.25, -0.2) is 14.4 Å². The lowest BCUT2D eigenvalue weighted by molar-refractivity contribution is -0.141. The number of nitrogens with zero attached hydrogens (tertiary/aromatic N) is 4. The van der Waals surface area contributed by atoms with Gasteiger partial charge in [-0.1, -0.05) is 18.5 Å². The Hall–Kier alpha value is -3.07. The van der Waals surface area contributed by atoms with Crippen LogP contribution in [0, 0.1) is 18.7 Å². The maximum atomic E-state index is 13.7. The van der Waals surface area contributed by atoms with E-state index in [1.54, 1.807) is 24.0 Å². The van der Waals surface area contributed by atoms with Gasteiger partial charge in [0.05, 0.1) is 28.0 Å². The van der Waals surface area contributed by atoms with Crippen LogP contribution in [0.4, 0.5) is 17.6 Å². The Labute approximate surface area is 204 Å². The van der Waals surface area contributed by atoms with Gasteiger partial charge in [-0.05, 0) is 62.4 Å². The Balaban J connectivity index is 1.63. The topological polar surface area (TPSA) is 59.0 Å². The van der Waals surface area contributed by atoms with Gasteiger partial charge in [-0.2, -0.15) is 13.2 Å². The van der Waals surface area contributed by atoms with E-state index < -0.39 is 28.8 Å². The number of hydrogen-bond acceptors (Lipinski definition) is 4. The maximum absolute atomic E-state index is 13.7. The van der Waals surface area contributed by atoms with Gasteiger partial charge in [0.15, 0.2) is 5.69 Å². The van der Waals surface area contributed by atoms with E-state index in [0.717, 1.165) is 23.7 Å². The fourth-order valence-corrected chi connectivity index (χ4v) is 5.54. The van der Waals surface area contributed by atoms with Crippen LogP contribution in [0.3, 0.4) is 0 Å². The highest BCUT2D eigenvalue weighted by atomic mass is 35.5. The molecule has 0 radical (unpaired) electrons.